The standard InChI is InChI=1S/C17H24N4/c1-17(15-6-4-3-5-7-15)14-18-11-13-21(17)12-9-16-8-10-19-20(16)2/h3-8,10,18H,9,11-14H2,1-2H3. The van der Waals surface area contributed by atoms with Gasteiger partial charge in [-0.15, -0.1) is 0 Å². The average Bonchev–Trinajstić information content (AvgIpc) is 2.93. The summed E-state index contributed by atoms with van der Waals surface area (Å²) in [5, 5.41) is 7.81. The van der Waals surface area contributed by atoms with E-state index < -0.39 is 0 Å². The van der Waals surface area contributed by atoms with Crippen LogP contribution in [0.1, 0.15) is 18.2 Å². The van der Waals surface area contributed by atoms with E-state index in [1.165, 1.54) is 11.3 Å². The normalized spacial score (nSPS) is 23.3. The first kappa shape index (κ1) is 14.3. The molecule has 0 spiro atoms. The van der Waals surface area contributed by atoms with Crippen LogP contribution in [-0.4, -0.2) is 40.9 Å². The quantitative estimate of drug-likeness (QED) is 0.929. The summed E-state index contributed by atoms with van der Waals surface area (Å²) in [5.74, 6) is 0. The number of aryl methyl sites for hydroxylation is 1. The SMILES string of the molecule is Cn1nccc1CCN1CCNCC1(C)c1ccccc1. The Bertz CT molecular complexity index is 577. The van der Waals surface area contributed by atoms with Crippen molar-refractivity contribution in [3.63, 3.8) is 0 Å². The first-order chi connectivity index (χ1) is 10.2. The van der Waals surface area contributed by atoms with Crippen LogP contribution in [0.5, 0.6) is 0 Å². The van der Waals surface area contributed by atoms with Gasteiger partial charge in [-0.05, 0) is 18.6 Å². The Hall–Kier alpha value is -1.65. The van der Waals surface area contributed by atoms with E-state index in [2.05, 4.69) is 58.6 Å². The zero-order valence-electron chi connectivity index (χ0n) is 12.9. The molecule has 0 radical (unpaired) electrons. The first-order valence-electron chi connectivity index (χ1n) is 7.68. The Morgan fingerprint density at radius 2 is 2.05 bits per heavy atom. The highest BCUT2D eigenvalue weighted by molar-refractivity contribution is 5.25. The van der Waals surface area contributed by atoms with Crippen LogP contribution >= 0.6 is 0 Å². The van der Waals surface area contributed by atoms with Crippen LogP contribution in [-0.2, 0) is 19.0 Å². The summed E-state index contributed by atoms with van der Waals surface area (Å²) in [7, 11) is 2.02. The van der Waals surface area contributed by atoms with E-state index in [-0.39, 0.29) is 5.54 Å². The van der Waals surface area contributed by atoms with E-state index in [1.54, 1.807) is 0 Å². The van der Waals surface area contributed by atoms with Crippen molar-refractivity contribution in [2.45, 2.75) is 18.9 Å². The fraction of sp³-hybridized carbons (Fsp3) is 0.471. The second kappa shape index (κ2) is 6.00. The Morgan fingerprint density at radius 3 is 2.76 bits per heavy atom. The molecule has 0 bridgehead atoms. The molecule has 1 aliphatic rings. The molecule has 2 aromatic rings. The predicted octanol–water partition coefficient (Wildman–Crippen LogP) is 1.78. The summed E-state index contributed by atoms with van der Waals surface area (Å²) in [4.78, 5) is 2.60. The van der Waals surface area contributed by atoms with Gasteiger partial charge >= 0.3 is 0 Å². The van der Waals surface area contributed by atoms with E-state index >= 15 is 0 Å². The maximum absolute atomic E-state index is 4.26. The first-order valence-corrected chi connectivity index (χ1v) is 7.68. The zero-order valence-corrected chi connectivity index (χ0v) is 12.9. The number of nitrogens with zero attached hydrogens (tertiary/aromatic N) is 3. The summed E-state index contributed by atoms with van der Waals surface area (Å²) in [6.07, 6.45) is 2.92. The molecule has 1 unspecified atom stereocenters. The lowest BCUT2D eigenvalue weighted by atomic mass is 9.88. The summed E-state index contributed by atoms with van der Waals surface area (Å²) in [5.41, 5.74) is 2.75. The number of rotatable bonds is 4. The van der Waals surface area contributed by atoms with Crippen molar-refractivity contribution < 1.29 is 0 Å². The average molecular weight is 284 g/mol. The maximum atomic E-state index is 4.26. The largest absolute Gasteiger partial charge is 0.313 e. The fourth-order valence-electron chi connectivity index (χ4n) is 3.24. The molecule has 3 rings (SSSR count). The third kappa shape index (κ3) is 2.87. The minimum atomic E-state index is 0.0676. The second-order valence-electron chi connectivity index (χ2n) is 6.00. The minimum absolute atomic E-state index is 0.0676. The van der Waals surface area contributed by atoms with Crippen molar-refractivity contribution in [2.75, 3.05) is 26.2 Å². The molecule has 112 valence electrons. The Morgan fingerprint density at radius 1 is 1.24 bits per heavy atom. The summed E-state index contributed by atoms with van der Waals surface area (Å²) in [6, 6.07) is 12.9. The molecule has 2 heterocycles. The van der Waals surface area contributed by atoms with Gasteiger partial charge in [-0.2, -0.15) is 5.10 Å². The van der Waals surface area contributed by atoms with Gasteiger partial charge in [0.15, 0.2) is 0 Å². The lowest BCUT2D eigenvalue weighted by molar-refractivity contribution is 0.0738. The van der Waals surface area contributed by atoms with Crippen molar-refractivity contribution in [3.8, 4) is 0 Å². The summed E-state index contributed by atoms with van der Waals surface area (Å²) in [6.45, 7) is 6.56. The molecule has 1 aliphatic heterocycles. The van der Waals surface area contributed by atoms with Crippen molar-refractivity contribution in [2.24, 2.45) is 7.05 Å². The molecule has 1 saturated heterocycles. The third-order valence-corrected chi connectivity index (χ3v) is 4.68. The number of hydrogen-bond acceptors (Lipinski definition) is 3. The highest BCUT2D eigenvalue weighted by Gasteiger charge is 2.35. The molecule has 1 aromatic carbocycles. The van der Waals surface area contributed by atoms with Gasteiger partial charge in [-0.1, -0.05) is 30.3 Å². The van der Waals surface area contributed by atoms with Crippen molar-refractivity contribution in [3.05, 3.63) is 53.9 Å². The van der Waals surface area contributed by atoms with E-state index in [0.29, 0.717) is 0 Å². The van der Waals surface area contributed by atoms with Gasteiger partial charge in [-0.3, -0.25) is 9.58 Å². The van der Waals surface area contributed by atoms with Crippen molar-refractivity contribution in [1.29, 1.82) is 0 Å². The van der Waals surface area contributed by atoms with Gasteiger partial charge < -0.3 is 5.32 Å². The molecule has 0 aliphatic carbocycles. The lowest BCUT2D eigenvalue weighted by Gasteiger charge is -2.45. The van der Waals surface area contributed by atoms with Crippen molar-refractivity contribution in [1.82, 2.24) is 20.0 Å². The number of aromatic nitrogens is 2. The van der Waals surface area contributed by atoms with Gasteiger partial charge in [0.25, 0.3) is 0 Å². The molecule has 4 nitrogen and oxygen atoms in total. The van der Waals surface area contributed by atoms with Crippen LogP contribution in [0.4, 0.5) is 0 Å². The molecule has 1 atom stereocenters. The topological polar surface area (TPSA) is 33.1 Å². The Labute approximate surface area is 126 Å². The van der Waals surface area contributed by atoms with Gasteiger partial charge in [0, 0.05) is 51.5 Å². The lowest BCUT2D eigenvalue weighted by Crippen LogP contribution is -2.57. The molecule has 0 amide bonds. The van der Waals surface area contributed by atoms with Crippen LogP contribution in [0.2, 0.25) is 0 Å². The molecule has 1 fully saturated rings. The van der Waals surface area contributed by atoms with Gasteiger partial charge in [0.1, 0.15) is 0 Å². The highest BCUT2D eigenvalue weighted by atomic mass is 15.3. The van der Waals surface area contributed by atoms with E-state index in [0.717, 1.165) is 32.6 Å². The molecule has 21 heavy (non-hydrogen) atoms. The van der Waals surface area contributed by atoms with Crippen molar-refractivity contribution >= 4 is 0 Å². The number of hydrogen-bond donors (Lipinski definition) is 1. The van der Waals surface area contributed by atoms with Gasteiger partial charge in [0.05, 0.1) is 5.54 Å². The molecular formula is C17H24N4. The smallest absolute Gasteiger partial charge is 0.0557 e. The molecular weight excluding hydrogens is 260 g/mol. The predicted molar refractivity (Wildman–Crippen MR) is 85.1 cm³/mol. The summed E-state index contributed by atoms with van der Waals surface area (Å²) >= 11 is 0. The van der Waals surface area contributed by atoms with E-state index in [1.807, 2.05) is 17.9 Å². The van der Waals surface area contributed by atoms with E-state index in [4.69, 9.17) is 0 Å². The number of nitrogens with one attached hydrogen (secondary N) is 1. The monoisotopic (exact) mass is 284 g/mol. The third-order valence-electron chi connectivity index (χ3n) is 4.68. The second-order valence-corrected chi connectivity index (χ2v) is 6.00. The summed E-state index contributed by atoms with van der Waals surface area (Å²) < 4.78 is 1.97. The number of benzene rings is 1. The minimum Gasteiger partial charge on any atom is -0.313 e. The molecule has 0 saturated carbocycles. The highest BCUT2D eigenvalue weighted by Crippen LogP contribution is 2.29. The fourth-order valence-corrected chi connectivity index (χ4v) is 3.24. The van der Waals surface area contributed by atoms with Crippen LogP contribution < -0.4 is 5.32 Å². The van der Waals surface area contributed by atoms with Crippen LogP contribution in [0.15, 0.2) is 42.6 Å². The Balaban J connectivity index is 1.77. The zero-order chi connectivity index (χ0) is 14.7. The van der Waals surface area contributed by atoms with Gasteiger partial charge in [0.2, 0.25) is 0 Å². The molecule has 1 N–H and O–H groups in total. The van der Waals surface area contributed by atoms with Crippen LogP contribution in [0, 0.1) is 0 Å². The molecule has 1 aromatic heterocycles. The van der Waals surface area contributed by atoms with E-state index in [9.17, 15) is 0 Å². The van der Waals surface area contributed by atoms with Crippen LogP contribution in [0.25, 0.3) is 0 Å². The number of piperazine rings is 1. The Kier molecular flexibility index (Phi) is 4.08. The maximum Gasteiger partial charge on any atom is 0.0557 e. The van der Waals surface area contributed by atoms with Crippen LogP contribution in [0.3, 0.4) is 0 Å². The van der Waals surface area contributed by atoms with Gasteiger partial charge in [-0.25, -0.2) is 0 Å². The molecule has 4 heteroatoms.